The summed E-state index contributed by atoms with van der Waals surface area (Å²) < 4.78 is 7.01. The third-order valence-electron chi connectivity index (χ3n) is 4.25. The number of amides is 1. The van der Waals surface area contributed by atoms with Crippen LogP contribution in [-0.2, 0) is 0 Å². The second-order valence-corrected chi connectivity index (χ2v) is 6.64. The number of carbonyl (C=O) groups excluding carboxylic acids is 1. The average Bonchev–Trinajstić information content (AvgIpc) is 3.33. The van der Waals surface area contributed by atoms with Crippen molar-refractivity contribution in [2.45, 2.75) is 20.8 Å². The highest BCUT2D eigenvalue weighted by atomic mass is 32.1. The number of hydrogen-bond donors (Lipinski definition) is 0. The van der Waals surface area contributed by atoms with Crippen LogP contribution >= 0.6 is 11.3 Å². The number of fused-ring (bicyclic) bond motifs is 3. The first-order valence-corrected chi connectivity index (χ1v) is 8.93. The van der Waals surface area contributed by atoms with Crippen LogP contribution in [0.4, 0.5) is 0 Å². The lowest BCUT2D eigenvalue weighted by molar-refractivity contribution is 0.0777. The van der Waals surface area contributed by atoms with Crippen molar-refractivity contribution in [3.8, 4) is 11.6 Å². The van der Waals surface area contributed by atoms with Crippen molar-refractivity contribution >= 4 is 33.1 Å². The fourth-order valence-corrected chi connectivity index (χ4v) is 4.01. The molecule has 0 saturated heterocycles. The number of nitrogens with zero attached hydrogens (tertiary/aromatic N) is 5. The summed E-state index contributed by atoms with van der Waals surface area (Å²) in [4.78, 5) is 25.1. The van der Waals surface area contributed by atoms with Crippen LogP contribution in [0, 0.1) is 6.92 Å². The fourth-order valence-electron chi connectivity index (χ4n) is 2.90. The summed E-state index contributed by atoms with van der Waals surface area (Å²) in [5.74, 6) is 1.14. The van der Waals surface area contributed by atoms with Crippen LogP contribution < -0.4 is 0 Å². The van der Waals surface area contributed by atoms with Crippen molar-refractivity contribution in [3.63, 3.8) is 0 Å². The molecular formula is C17H17N5O2S. The van der Waals surface area contributed by atoms with Gasteiger partial charge in [-0.15, -0.1) is 16.4 Å². The summed E-state index contributed by atoms with van der Waals surface area (Å²) >= 11 is 1.41. The van der Waals surface area contributed by atoms with Crippen molar-refractivity contribution < 1.29 is 9.21 Å². The Morgan fingerprint density at radius 3 is 2.84 bits per heavy atom. The molecule has 4 rings (SSSR count). The Bertz CT molecular complexity index is 1060. The fraction of sp³-hybridized carbons (Fsp3) is 0.294. The van der Waals surface area contributed by atoms with E-state index in [9.17, 15) is 4.79 Å². The zero-order chi connectivity index (χ0) is 17.6. The Kier molecular flexibility index (Phi) is 3.76. The molecule has 0 atom stereocenters. The summed E-state index contributed by atoms with van der Waals surface area (Å²) in [6.07, 6.45) is 3.21. The van der Waals surface area contributed by atoms with Crippen molar-refractivity contribution in [1.29, 1.82) is 0 Å². The van der Waals surface area contributed by atoms with E-state index in [4.69, 9.17) is 4.42 Å². The lowest BCUT2D eigenvalue weighted by Crippen LogP contribution is -2.30. The Hall–Kier alpha value is -2.74. The van der Waals surface area contributed by atoms with E-state index in [1.807, 2.05) is 31.7 Å². The first-order valence-electron chi connectivity index (χ1n) is 8.11. The second kappa shape index (κ2) is 5.96. The Morgan fingerprint density at radius 1 is 1.36 bits per heavy atom. The summed E-state index contributed by atoms with van der Waals surface area (Å²) in [7, 11) is 0. The van der Waals surface area contributed by atoms with Crippen LogP contribution in [0.5, 0.6) is 0 Å². The van der Waals surface area contributed by atoms with E-state index in [0.717, 1.165) is 15.8 Å². The van der Waals surface area contributed by atoms with Crippen molar-refractivity contribution in [1.82, 2.24) is 24.5 Å². The predicted octanol–water partition coefficient (Wildman–Crippen LogP) is 3.39. The number of hydrogen-bond acceptors (Lipinski definition) is 6. The molecule has 128 valence electrons. The van der Waals surface area contributed by atoms with Crippen molar-refractivity contribution in [3.05, 3.63) is 35.2 Å². The van der Waals surface area contributed by atoms with E-state index >= 15 is 0 Å². The van der Waals surface area contributed by atoms with Crippen molar-refractivity contribution in [2.24, 2.45) is 0 Å². The molecule has 0 N–H and O–H groups in total. The molecule has 0 bridgehead atoms. The second-order valence-electron chi connectivity index (χ2n) is 5.64. The van der Waals surface area contributed by atoms with Crippen LogP contribution in [-0.4, -0.2) is 43.5 Å². The van der Waals surface area contributed by atoms with Crippen LogP contribution in [0.2, 0.25) is 0 Å². The van der Waals surface area contributed by atoms with Gasteiger partial charge in [-0.05, 0) is 38.5 Å². The molecule has 4 heterocycles. The Morgan fingerprint density at radius 2 is 2.16 bits per heavy atom. The molecule has 1 amide bonds. The lowest BCUT2D eigenvalue weighted by Gasteiger charge is -2.17. The van der Waals surface area contributed by atoms with Crippen molar-refractivity contribution in [2.75, 3.05) is 13.1 Å². The molecule has 0 fully saturated rings. The molecule has 0 aliphatic rings. The zero-order valence-electron chi connectivity index (χ0n) is 14.2. The standard InChI is InChI=1S/C17H17N5O2S/c1-4-21(5-2)17(23)13-10(3)12-15-19-14(11-7-6-8-24-11)20-22(15)9-18-16(12)25-13/h6-9H,4-5H2,1-3H3. The maximum atomic E-state index is 12.8. The topological polar surface area (TPSA) is 76.5 Å². The molecule has 0 saturated carbocycles. The molecule has 0 spiro atoms. The molecule has 0 aromatic carbocycles. The lowest BCUT2D eigenvalue weighted by atomic mass is 10.2. The van der Waals surface area contributed by atoms with Crippen LogP contribution in [0.3, 0.4) is 0 Å². The maximum absolute atomic E-state index is 12.8. The Balaban J connectivity index is 1.91. The van der Waals surface area contributed by atoms with Gasteiger partial charge >= 0.3 is 0 Å². The maximum Gasteiger partial charge on any atom is 0.264 e. The summed E-state index contributed by atoms with van der Waals surface area (Å²) in [5.41, 5.74) is 1.58. The van der Waals surface area contributed by atoms with Crippen LogP contribution in [0.25, 0.3) is 27.4 Å². The molecule has 0 aliphatic carbocycles. The minimum atomic E-state index is 0.0365. The van der Waals surface area contributed by atoms with Gasteiger partial charge in [0.15, 0.2) is 11.4 Å². The van der Waals surface area contributed by atoms with Gasteiger partial charge in [0.2, 0.25) is 5.82 Å². The SMILES string of the molecule is CCN(CC)C(=O)c1sc2ncn3nc(-c4ccco4)nc3c2c1C. The van der Waals surface area contributed by atoms with Gasteiger partial charge in [-0.25, -0.2) is 14.5 Å². The van der Waals surface area contributed by atoms with E-state index in [1.165, 1.54) is 11.3 Å². The number of aromatic nitrogens is 4. The van der Waals surface area contributed by atoms with E-state index < -0.39 is 0 Å². The molecule has 0 aliphatic heterocycles. The van der Waals surface area contributed by atoms with Crippen LogP contribution in [0.15, 0.2) is 29.1 Å². The number of furan rings is 1. The molecule has 8 heteroatoms. The molecule has 4 aromatic rings. The molecule has 7 nitrogen and oxygen atoms in total. The first kappa shape index (κ1) is 15.8. The highest BCUT2D eigenvalue weighted by molar-refractivity contribution is 7.20. The van der Waals surface area contributed by atoms with Gasteiger partial charge in [-0.3, -0.25) is 4.79 Å². The smallest absolute Gasteiger partial charge is 0.264 e. The summed E-state index contributed by atoms with van der Waals surface area (Å²) in [5, 5.41) is 5.30. The average molecular weight is 355 g/mol. The summed E-state index contributed by atoms with van der Waals surface area (Å²) in [6.45, 7) is 7.26. The van der Waals surface area contributed by atoms with Gasteiger partial charge in [0, 0.05) is 13.1 Å². The number of rotatable bonds is 4. The number of carbonyl (C=O) groups is 1. The van der Waals surface area contributed by atoms with E-state index in [2.05, 4.69) is 15.1 Å². The third-order valence-corrected chi connectivity index (χ3v) is 5.44. The molecule has 25 heavy (non-hydrogen) atoms. The van der Waals surface area contributed by atoms with Gasteiger partial charge < -0.3 is 9.32 Å². The molecular weight excluding hydrogens is 338 g/mol. The van der Waals surface area contributed by atoms with Gasteiger partial charge in [-0.1, -0.05) is 0 Å². The minimum absolute atomic E-state index is 0.0365. The predicted molar refractivity (Wildman–Crippen MR) is 95.9 cm³/mol. The normalized spacial score (nSPS) is 11.5. The monoisotopic (exact) mass is 355 g/mol. The van der Waals surface area contributed by atoms with Crippen LogP contribution in [0.1, 0.15) is 29.1 Å². The molecule has 0 unspecified atom stereocenters. The quantitative estimate of drug-likeness (QED) is 0.561. The minimum Gasteiger partial charge on any atom is -0.461 e. The first-order chi connectivity index (χ1) is 12.1. The van der Waals surface area contributed by atoms with E-state index in [-0.39, 0.29) is 5.91 Å². The van der Waals surface area contributed by atoms with E-state index in [0.29, 0.717) is 35.2 Å². The third kappa shape index (κ3) is 2.41. The van der Waals surface area contributed by atoms with E-state index in [1.54, 1.807) is 23.2 Å². The highest BCUT2D eigenvalue weighted by Gasteiger charge is 2.23. The Labute approximate surface area is 147 Å². The van der Waals surface area contributed by atoms with Gasteiger partial charge in [0.05, 0.1) is 16.5 Å². The molecule has 0 radical (unpaired) electrons. The highest BCUT2D eigenvalue weighted by Crippen LogP contribution is 2.33. The van der Waals surface area contributed by atoms with Gasteiger partial charge in [-0.2, -0.15) is 0 Å². The number of aryl methyl sites for hydroxylation is 1. The number of thiophene rings is 1. The molecule has 4 aromatic heterocycles. The zero-order valence-corrected chi connectivity index (χ0v) is 15.0. The summed E-state index contributed by atoms with van der Waals surface area (Å²) in [6, 6.07) is 3.61. The van der Waals surface area contributed by atoms with Gasteiger partial charge in [0.1, 0.15) is 11.2 Å². The largest absolute Gasteiger partial charge is 0.461 e. The van der Waals surface area contributed by atoms with Gasteiger partial charge in [0.25, 0.3) is 5.91 Å².